The summed E-state index contributed by atoms with van der Waals surface area (Å²) in [7, 11) is 1.84. The fourth-order valence-corrected chi connectivity index (χ4v) is 4.07. The van der Waals surface area contributed by atoms with Crippen LogP contribution in [0.4, 0.5) is 10.2 Å². The largest absolute Gasteiger partial charge is 0.352 e. The van der Waals surface area contributed by atoms with E-state index in [9.17, 15) is 9.18 Å². The van der Waals surface area contributed by atoms with Crippen LogP contribution in [0.25, 0.3) is 11.0 Å². The first-order valence-corrected chi connectivity index (χ1v) is 10.4. The van der Waals surface area contributed by atoms with Crippen molar-refractivity contribution in [1.29, 1.82) is 0 Å². The number of amides is 1. The van der Waals surface area contributed by atoms with Crippen molar-refractivity contribution >= 4 is 22.8 Å². The van der Waals surface area contributed by atoms with E-state index in [0.29, 0.717) is 24.6 Å². The molecule has 7 nitrogen and oxygen atoms in total. The van der Waals surface area contributed by atoms with Crippen molar-refractivity contribution in [1.82, 2.24) is 24.4 Å². The first-order valence-electron chi connectivity index (χ1n) is 10.4. The first-order chi connectivity index (χ1) is 14.5. The molecule has 0 aliphatic carbocycles. The van der Waals surface area contributed by atoms with Crippen molar-refractivity contribution in [3.05, 3.63) is 48.4 Å². The fourth-order valence-electron chi connectivity index (χ4n) is 4.07. The molecule has 0 bridgehead atoms. The number of likely N-dealkylation sites (N-methyl/N-ethyl adjacent to an activating group) is 1. The van der Waals surface area contributed by atoms with Gasteiger partial charge in [0.25, 0.3) is 0 Å². The van der Waals surface area contributed by atoms with Crippen molar-refractivity contribution in [2.45, 2.75) is 45.2 Å². The van der Waals surface area contributed by atoms with E-state index >= 15 is 0 Å². The molecule has 4 rings (SSSR count). The van der Waals surface area contributed by atoms with Gasteiger partial charge in [-0.15, -0.1) is 0 Å². The molecule has 1 aliphatic rings. The van der Waals surface area contributed by atoms with Gasteiger partial charge < -0.3 is 14.4 Å². The third-order valence-corrected chi connectivity index (χ3v) is 5.81. The van der Waals surface area contributed by atoms with Crippen molar-refractivity contribution in [2.75, 3.05) is 25.0 Å². The maximum Gasteiger partial charge on any atom is 0.242 e. The third-order valence-electron chi connectivity index (χ3n) is 5.81. The van der Waals surface area contributed by atoms with Gasteiger partial charge in [-0.25, -0.2) is 19.3 Å². The minimum atomic E-state index is -0.372. The number of fused-ring (bicyclic) bond motifs is 1. The Morgan fingerprint density at radius 1 is 1.27 bits per heavy atom. The van der Waals surface area contributed by atoms with Gasteiger partial charge in [0.1, 0.15) is 12.9 Å². The number of aromatic nitrogens is 4. The normalized spacial score (nSPS) is 17.0. The first kappa shape index (κ1) is 20.3. The van der Waals surface area contributed by atoms with Gasteiger partial charge in [0.2, 0.25) is 5.91 Å². The van der Waals surface area contributed by atoms with E-state index in [-0.39, 0.29) is 30.2 Å². The number of imidazole rings is 1. The number of benzene rings is 1. The van der Waals surface area contributed by atoms with Gasteiger partial charge >= 0.3 is 0 Å². The van der Waals surface area contributed by atoms with E-state index in [1.54, 1.807) is 6.33 Å². The number of piperidine rings is 1. The van der Waals surface area contributed by atoms with Gasteiger partial charge in [0.15, 0.2) is 11.6 Å². The fraction of sp³-hybridized carbons (Fsp3) is 0.455. The van der Waals surface area contributed by atoms with Crippen LogP contribution in [0, 0.1) is 5.82 Å². The highest BCUT2D eigenvalue weighted by Crippen LogP contribution is 2.26. The van der Waals surface area contributed by atoms with Crippen molar-refractivity contribution in [3.8, 4) is 0 Å². The van der Waals surface area contributed by atoms with Crippen LogP contribution in [0.3, 0.4) is 0 Å². The number of carbonyl (C=O) groups excluding carboxylic acids is 1. The van der Waals surface area contributed by atoms with E-state index < -0.39 is 0 Å². The van der Waals surface area contributed by atoms with Gasteiger partial charge in [-0.3, -0.25) is 4.79 Å². The molecule has 30 heavy (non-hydrogen) atoms. The summed E-state index contributed by atoms with van der Waals surface area (Å²) in [5.41, 5.74) is 2.24. The highest BCUT2D eigenvalue weighted by atomic mass is 19.1. The van der Waals surface area contributed by atoms with E-state index in [4.69, 9.17) is 0 Å². The van der Waals surface area contributed by atoms with Gasteiger partial charge in [0, 0.05) is 26.2 Å². The number of hydrogen-bond acceptors (Lipinski definition) is 5. The standard InChI is InChI=1S/C22H27FN6O/c1-15(2)21-20(23)22(25-13-24-21)27(3)16-7-6-10-28(11-16)19(30)12-29-14-26-17-8-4-5-9-18(17)29/h4-5,8-9,13-16H,6-7,10-12H2,1-3H3. The molecule has 0 saturated carbocycles. The van der Waals surface area contributed by atoms with Crippen LogP contribution in [-0.4, -0.2) is 56.5 Å². The average Bonchev–Trinajstić information content (AvgIpc) is 3.16. The quantitative estimate of drug-likeness (QED) is 0.646. The Morgan fingerprint density at radius 2 is 2.07 bits per heavy atom. The molecule has 1 fully saturated rings. The second-order valence-corrected chi connectivity index (χ2v) is 8.16. The molecule has 3 aromatic rings. The van der Waals surface area contributed by atoms with E-state index in [1.165, 1.54) is 6.33 Å². The number of nitrogens with zero attached hydrogens (tertiary/aromatic N) is 6. The van der Waals surface area contributed by atoms with Gasteiger partial charge in [-0.05, 0) is 30.9 Å². The zero-order valence-corrected chi connectivity index (χ0v) is 17.6. The predicted octanol–water partition coefficient (Wildman–Crippen LogP) is 3.22. The summed E-state index contributed by atoms with van der Waals surface area (Å²) >= 11 is 0. The molecule has 1 unspecified atom stereocenters. The number of halogens is 1. The molecule has 1 atom stereocenters. The SMILES string of the molecule is CC(C)c1ncnc(N(C)C2CCCN(C(=O)Cn3cnc4ccccc43)C2)c1F. The van der Waals surface area contributed by atoms with E-state index in [0.717, 1.165) is 23.9 Å². The highest BCUT2D eigenvalue weighted by molar-refractivity contribution is 5.80. The Kier molecular flexibility index (Phi) is 5.65. The zero-order chi connectivity index (χ0) is 21.3. The highest BCUT2D eigenvalue weighted by Gasteiger charge is 2.29. The number of hydrogen-bond donors (Lipinski definition) is 0. The Labute approximate surface area is 175 Å². The lowest BCUT2D eigenvalue weighted by atomic mass is 10.0. The number of rotatable bonds is 5. The molecule has 158 valence electrons. The van der Waals surface area contributed by atoms with Crippen LogP contribution >= 0.6 is 0 Å². The molecule has 1 aromatic carbocycles. The summed E-state index contributed by atoms with van der Waals surface area (Å²) in [6.45, 7) is 5.32. The molecule has 1 amide bonds. The summed E-state index contributed by atoms with van der Waals surface area (Å²) < 4.78 is 16.8. The Hall–Kier alpha value is -3.03. The number of anilines is 1. The van der Waals surface area contributed by atoms with Crippen molar-refractivity contribution in [3.63, 3.8) is 0 Å². The Balaban J connectivity index is 1.48. The molecule has 1 saturated heterocycles. The third kappa shape index (κ3) is 3.86. The topological polar surface area (TPSA) is 67.2 Å². The zero-order valence-electron chi connectivity index (χ0n) is 17.6. The van der Waals surface area contributed by atoms with Gasteiger partial charge in [-0.2, -0.15) is 0 Å². The predicted molar refractivity (Wildman–Crippen MR) is 114 cm³/mol. The van der Waals surface area contributed by atoms with E-state index in [1.807, 2.05) is 59.5 Å². The second-order valence-electron chi connectivity index (χ2n) is 8.16. The minimum absolute atomic E-state index is 0.00615. The maximum absolute atomic E-state index is 14.9. The smallest absolute Gasteiger partial charge is 0.242 e. The van der Waals surface area contributed by atoms with Crippen LogP contribution in [0.15, 0.2) is 36.9 Å². The number of carbonyl (C=O) groups is 1. The average molecular weight is 410 g/mol. The molecule has 3 heterocycles. The van der Waals surface area contributed by atoms with Gasteiger partial charge in [-0.1, -0.05) is 26.0 Å². The molecule has 1 aliphatic heterocycles. The van der Waals surface area contributed by atoms with Crippen LogP contribution in [0.1, 0.15) is 38.3 Å². The lowest BCUT2D eigenvalue weighted by Gasteiger charge is -2.38. The molecule has 0 N–H and O–H groups in total. The van der Waals surface area contributed by atoms with Gasteiger partial charge in [0.05, 0.1) is 23.1 Å². The van der Waals surface area contributed by atoms with Crippen LogP contribution in [-0.2, 0) is 11.3 Å². The summed E-state index contributed by atoms with van der Waals surface area (Å²) in [5, 5.41) is 0. The Morgan fingerprint density at radius 3 is 2.87 bits per heavy atom. The summed E-state index contributed by atoms with van der Waals surface area (Å²) in [4.78, 5) is 29.3. The van der Waals surface area contributed by atoms with E-state index in [2.05, 4.69) is 15.0 Å². The number of para-hydroxylation sites is 2. The molecule has 8 heteroatoms. The second kappa shape index (κ2) is 8.38. The van der Waals surface area contributed by atoms with Crippen LogP contribution < -0.4 is 4.90 Å². The Bertz CT molecular complexity index is 1050. The number of likely N-dealkylation sites (tertiary alicyclic amines) is 1. The maximum atomic E-state index is 14.9. The summed E-state index contributed by atoms with van der Waals surface area (Å²) in [6, 6.07) is 7.78. The molecular weight excluding hydrogens is 383 g/mol. The summed E-state index contributed by atoms with van der Waals surface area (Å²) in [6.07, 6.45) is 4.88. The monoisotopic (exact) mass is 410 g/mol. The van der Waals surface area contributed by atoms with Crippen LogP contribution in [0.2, 0.25) is 0 Å². The molecule has 0 radical (unpaired) electrons. The minimum Gasteiger partial charge on any atom is -0.352 e. The molecule has 2 aromatic heterocycles. The molecule has 0 spiro atoms. The summed E-state index contributed by atoms with van der Waals surface area (Å²) in [5.74, 6) is -0.0474. The van der Waals surface area contributed by atoms with Crippen molar-refractivity contribution in [2.24, 2.45) is 0 Å². The van der Waals surface area contributed by atoms with Crippen molar-refractivity contribution < 1.29 is 9.18 Å². The lowest BCUT2D eigenvalue weighted by molar-refractivity contribution is -0.132. The lowest BCUT2D eigenvalue weighted by Crippen LogP contribution is -2.50. The van der Waals surface area contributed by atoms with Crippen LogP contribution in [0.5, 0.6) is 0 Å². The molecular formula is C22H27FN6O.